The number of hydrogen-bond acceptors (Lipinski definition) is 3. The Morgan fingerprint density at radius 1 is 1.50 bits per heavy atom. The third-order valence-electron chi connectivity index (χ3n) is 3.51. The molecule has 110 valence electrons. The minimum absolute atomic E-state index is 0.0830. The van der Waals surface area contributed by atoms with Crippen LogP contribution in [0.15, 0.2) is 27.6 Å². The number of primary sulfonamides is 1. The third-order valence-corrected chi connectivity index (χ3v) is 5.42. The van der Waals surface area contributed by atoms with Gasteiger partial charge in [-0.25, -0.2) is 13.6 Å². The van der Waals surface area contributed by atoms with Gasteiger partial charge in [-0.05, 0) is 58.8 Å². The van der Waals surface area contributed by atoms with Crippen molar-refractivity contribution in [2.75, 3.05) is 6.54 Å². The molecule has 1 saturated carbocycles. The number of carbonyl (C=O) groups is 1. The van der Waals surface area contributed by atoms with Crippen molar-refractivity contribution in [3.63, 3.8) is 0 Å². The Balaban J connectivity index is 2.10. The highest BCUT2D eigenvalue weighted by Crippen LogP contribution is 2.36. The molecule has 0 spiro atoms. The molecular weight excluding hydrogens is 344 g/mol. The van der Waals surface area contributed by atoms with E-state index in [9.17, 15) is 13.2 Å². The van der Waals surface area contributed by atoms with Crippen LogP contribution < -0.4 is 10.5 Å². The summed E-state index contributed by atoms with van der Waals surface area (Å²) in [5.41, 5.74) is 0.292. The number of benzene rings is 1. The standard InChI is InChI=1S/C13H17BrN2O3S/c1-8(9-2-3-9)7-16-13(17)10-4-5-11(14)12(6-10)20(15,18)19/h4-6,8-9H,2-3,7H2,1H3,(H,16,17)(H2,15,18,19). The number of nitrogens with two attached hydrogens (primary N) is 1. The van der Waals surface area contributed by atoms with Crippen molar-refractivity contribution in [3.05, 3.63) is 28.2 Å². The fraction of sp³-hybridized carbons (Fsp3) is 0.462. The molecule has 20 heavy (non-hydrogen) atoms. The summed E-state index contributed by atoms with van der Waals surface area (Å²) in [7, 11) is -3.85. The zero-order valence-electron chi connectivity index (χ0n) is 11.1. The van der Waals surface area contributed by atoms with Crippen LogP contribution in [0.2, 0.25) is 0 Å². The fourth-order valence-corrected chi connectivity index (χ4v) is 3.60. The smallest absolute Gasteiger partial charge is 0.251 e. The molecule has 0 aromatic heterocycles. The minimum atomic E-state index is -3.85. The first kappa shape index (κ1) is 15.5. The Morgan fingerprint density at radius 2 is 2.15 bits per heavy atom. The number of nitrogens with one attached hydrogen (secondary N) is 1. The van der Waals surface area contributed by atoms with Gasteiger partial charge >= 0.3 is 0 Å². The maximum atomic E-state index is 12.0. The first-order valence-corrected chi connectivity index (χ1v) is 8.73. The average molecular weight is 361 g/mol. The largest absolute Gasteiger partial charge is 0.352 e. The molecule has 5 nitrogen and oxygen atoms in total. The van der Waals surface area contributed by atoms with E-state index in [0.717, 1.165) is 0 Å². The molecule has 1 amide bonds. The van der Waals surface area contributed by atoms with E-state index in [1.807, 2.05) is 0 Å². The van der Waals surface area contributed by atoms with Crippen LogP contribution in [0.25, 0.3) is 0 Å². The zero-order valence-corrected chi connectivity index (χ0v) is 13.5. The van der Waals surface area contributed by atoms with Crippen LogP contribution in [0.5, 0.6) is 0 Å². The van der Waals surface area contributed by atoms with E-state index in [-0.39, 0.29) is 10.8 Å². The summed E-state index contributed by atoms with van der Waals surface area (Å²) in [5.74, 6) is 0.877. The van der Waals surface area contributed by atoms with Gasteiger partial charge in [0.1, 0.15) is 0 Å². The Kier molecular flexibility index (Phi) is 4.51. The number of sulfonamides is 1. The summed E-state index contributed by atoms with van der Waals surface area (Å²) in [6.45, 7) is 2.71. The summed E-state index contributed by atoms with van der Waals surface area (Å²) in [4.78, 5) is 11.9. The van der Waals surface area contributed by atoms with Crippen molar-refractivity contribution in [3.8, 4) is 0 Å². The number of amides is 1. The predicted octanol–water partition coefficient (Wildman–Crippen LogP) is 1.87. The van der Waals surface area contributed by atoms with E-state index in [0.29, 0.717) is 28.4 Å². The van der Waals surface area contributed by atoms with Crippen LogP contribution in [-0.2, 0) is 10.0 Å². The van der Waals surface area contributed by atoms with Crippen LogP contribution in [0.4, 0.5) is 0 Å². The second kappa shape index (κ2) is 5.83. The molecule has 1 unspecified atom stereocenters. The predicted molar refractivity (Wildman–Crippen MR) is 79.7 cm³/mol. The van der Waals surface area contributed by atoms with Gasteiger partial charge in [-0.1, -0.05) is 6.92 Å². The van der Waals surface area contributed by atoms with E-state index in [1.165, 1.54) is 25.0 Å². The lowest BCUT2D eigenvalue weighted by atomic mass is 10.1. The van der Waals surface area contributed by atoms with E-state index < -0.39 is 10.0 Å². The van der Waals surface area contributed by atoms with Gasteiger partial charge in [0.2, 0.25) is 10.0 Å². The quantitative estimate of drug-likeness (QED) is 0.839. The molecule has 3 N–H and O–H groups in total. The molecule has 1 aliphatic rings. The van der Waals surface area contributed by atoms with Crippen molar-refractivity contribution >= 4 is 31.9 Å². The van der Waals surface area contributed by atoms with Gasteiger partial charge < -0.3 is 5.32 Å². The Morgan fingerprint density at radius 3 is 2.70 bits per heavy atom. The molecule has 1 fully saturated rings. The van der Waals surface area contributed by atoms with Gasteiger partial charge in [-0.3, -0.25) is 4.79 Å². The molecule has 7 heteroatoms. The molecule has 0 heterocycles. The lowest BCUT2D eigenvalue weighted by molar-refractivity contribution is 0.0946. The second-order valence-electron chi connectivity index (χ2n) is 5.21. The Labute approximate surface area is 127 Å². The lowest BCUT2D eigenvalue weighted by Gasteiger charge is -2.12. The highest BCUT2D eigenvalue weighted by molar-refractivity contribution is 9.10. The summed E-state index contributed by atoms with van der Waals surface area (Å²) < 4.78 is 23.2. The van der Waals surface area contributed by atoms with Gasteiger partial charge in [-0.15, -0.1) is 0 Å². The van der Waals surface area contributed by atoms with Crippen molar-refractivity contribution < 1.29 is 13.2 Å². The summed E-state index contributed by atoms with van der Waals surface area (Å²) in [6, 6.07) is 4.37. The average Bonchev–Trinajstić information content (AvgIpc) is 3.18. The minimum Gasteiger partial charge on any atom is -0.352 e. The summed E-state index contributed by atoms with van der Waals surface area (Å²) in [5, 5.41) is 7.94. The van der Waals surface area contributed by atoms with Crippen LogP contribution in [0.1, 0.15) is 30.1 Å². The maximum absolute atomic E-state index is 12.0. The Bertz CT molecular complexity index is 627. The monoisotopic (exact) mass is 360 g/mol. The number of rotatable bonds is 5. The van der Waals surface area contributed by atoms with E-state index in [1.54, 1.807) is 6.07 Å². The molecule has 2 rings (SSSR count). The molecule has 1 atom stereocenters. The zero-order chi connectivity index (χ0) is 14.9. The molecule has 0 bridgehead atoms. The maximum Gasteiger partial charge on any atom is 0.251 e. The Hall–Kier alpha value is -0.920. The fourth-order valence-electron chi connectivity index (χ4n) is 2.05. The van der Waals surface area contributed by atoms with E-state index in [4.69, 9.17) is 5.14 Å². The van der Waals surface area contributed by atoms with Crippen molar-refractivity contribution in [1.82, 2.24) is 5.32 Å². The van der Waals surface area contributed by atoms with Crippen LogP contribution in [0.3, 0.4) is 0 Å². The van der Waals surface area contributed by atoms with Crippen LogP contribution in [0, 0.1) is 11.8 Å². The first-order valence-electron chi connectivity index (χ1n) is 6.39. The first-order chi connectivity index (χ1) is 9.29. The van der Waals surface area contributed by atoms with Crippen LogP contribution in [-0.4, -0.2) is 20.9 Å². The molecule has 1 aromatic rings. The number of carbonyl (C=O) groups excluding carboxylic acids is 1. The highest BCUT2D eigenvalue weighted by atomic mass is 79.9. The molecular formula is C13H17BrN2O3S. The van der Waals surface area contributed by atoms with Gasteiger partial charge in [0.25, 0.3) is 5.91 Å². The van der Waals surface area contributed by atoms with Gasteiger partial charge in [0.15, 0.2) is 0 Å². The molecule has 0 radical (unpaired) electrons. The molecule has 0 saturated heterocycles. The topological polar surface area (TPSA) is 89.3 Å². The van der Waals surface area contributed by atoms with Gasteiger partial charge in [-0.2, -0.15) is 0 Å². The molecule has 1 aliphatic carbocycles. The van der Waals surface area contributed by atoms with E-state index in [2.05, 4.69) is 28.2 Å². The number of hydrogen-bond donors (Lipinski definition) is 2. The van der Waals surface area contributed by atoms with Crippen molar-refractivity contribution in [2.24, 2.45) is 17.0 Å². The van der Waals surface area contributed by atoms with Crippen molar-refractivity contribution in [2.45, 2.75) is 24.7 Å². The third kappa shape index (κ3) is 3.80. The SMILES string of the molecule is CC(CNC(=O)c1ccc(Br)c(S(N)(=O)=O)c1)C1CC1. The summed E-state index contributed by atoms with van der Waals surface area (Å²) in [6.07, 6.45) is 2.45. The normalized spacial score (nSPS) is 16.8. The molecule has 1 aromatic carbocycles. The van der Waals surface area contributed by atoms with E-state index >= 15 is 0 Å². The number of halogens is 1. The van der Waals surface area contributed by atoms with Crippen LogP contribution >= 0.6 is 15.9 Å². The van der Waals surface area contributed by atoms with Crippen molar-refractivity contribution in [1.29, 1.82) is 0 Å². The van der Waals surface area contributed by atoms with Gasteiger partial charge in [0, 0.05) is 16.6 Å². The lowest BCUT2D eigenvalue weighted by Crippen LogP contribution is -2.29. The highest BCUT2D eigenvalue weighted by Gasteiger charge is 2.28. The second-order valence-corrected chi connectivity index (χ2v) is 7.60. The molecule has 0 aliphatic heterocycles. The van der Waals surface area contributed by atoms with Gasteiger partial charge in [0.05, 0.1) is 4.90 Å². The summed E-state index contributed by atoms with van der Waals surface area (Å²) >= 11 is 3.11.